The van der Waals surface area contributed by atoms with E-state index >= 15 is 0 Å². The van der Waals surface area contributed by atoms with Crippen LogP contribution in [-0.4, -0.2) is 33.8 Å². The van der Waals surface area contributed by atoms with Crippen LogP contribution in [0.15, 0.2) is 48.5 Å². The molecule has 2 aromatic carbocycles. The number of rotatable bonds is 7. The van der Waals surface area contributed by atoms with Gasteiger partial charge < -0.3 is 19.3 Å². The lowest BCUT2D eigenvalue weighted by Crippen LogP contribution is -2.11. The molecule has 0 aliphatic rings. The molecule has 0 bridgehead atoms. The molecule has 0 spiro atoms. The number of methoxy groups -OCH3 is 1. The molecule has 0 amide bonds. The first-order valence-electron chi connectivity index (χ1n) is 8.07. The van der Waals surface area contributed by atoms with Crippen molar-refractivity contribution in [1.29, 1.82) is 0 Å². The van der Waals surface area contributed by atoms with Crippen LogP contribution in [0.3, 0.4) is 0 Å². The summed E-state index contributed by atoms with van der Waals surface area (Å²) in [5.74, 6) is 1.91. The lowest BCUT2D eigenvalue weighted by molar-refractivity contribution is 0.226. The molecule has 0 aromatic heterocycles. The third kappa shape index (κ3) is 7.54. The van der Waals surface area contributed by atoms with E-state index in [4.69, 9.17) is 19.3 Å². The molecule has 0 saturated carbocycles. The maximum Gasteiger partial charge on any atom is 0.373 e. The molecule has 8 heteroatoms. The van der Waals surface area contributed by atoms with Gasteiger partial charge in [-0.15, -0.1) is 0 Å². The summed E-state index contributed by atoms with van der Waals surface area (Å²) in [6, 6.07) is 13.3. The van der Waals surface area contributed by atoms with Crippen molar-refractivity contribution in [2.45, 2.75) is 18.8 Å². The Hall–Kier alpha value is -2.16. The lowest BCUT2D eigenvalue weighted by atomic mass is 10.2. The van der Waals surface area contributed by atoms with Crippen LogP contribution in [0.25, 0.3) is 0 Å². The van der Waals surface area contributed by atoms with E-state index in [1.807, 2.05) is 6.92 Å². The van der Waals surface area contributed by atoms with Crippen LogP contribution >= 0.6 is 23.5 Å². The fraction of sp³-hybridized carbons (Fsp3) is 0.263. The van der Waals surface area contributed by atoms with Gasteiger partial charge in [0.2, 0.25) is 0 Å². The van der Waals surface area contributed by atoms with Crippen LogP contribution in [0.2, 0.25) is 0 Å². The molecule has 0 fully saturated rings. The fourth-order valence-electron chi connectivity index (χ4n) is 1.94. The zero-order valence-corrected chi connectivity index (χ0v) is 16.5. The van der Waals surface area contributed by atoms with Gasteiger partial charge in [-0.2, -0.15) is 0 Å². The molecule has 0 radical (unpaired) electrons. The number of hydrogen-bond acceptors (Lipinski definition) is 8. The van der Waals surface area contributed by atoms with E-state index in [2.05, 4.69) is 0 Å². The minimum atomic E-state index is -0.455. The van der Waals surface area contributed by atoms with E-state index < -0.39 is 10.6 Å². The summed E-state index contributed by atoms with van der Waals surface area (Å²) in [5, 5.41) is 7.96. The maximum atomic E-state index is 11.9. The summed E-state index contributed by atoms with van der Waals surface area (Å²) >= 11 is 2.00. The van der Waals surface area contributed by atoms with Crippen molar-refractivity contribution < 1.29 is 28.9 Å². The Morgan fingerprint density at radius 3 is 2.00 bits per heavy atom. The normalized spacial score (nSPS) is 11.5. The van der Waals surface area contributed by atoms with Crippen molar-refractivity contribution in [1.82, 2.24) is 0 Å². The lowest BCUT2D eigenvalue weighted by Gasteiger charge is -2.10. The molecule has 1 unspecified atom stereocenters. The van der Waals surface area contributed by atoms with Gasteiger partial charge in [0.1, 0.15) is 17.2 Å². The Kier molecular flexibility index (Phi) is 8.50. The van der Waals surface area contributed by atoms with Crippen molar-refractivity contribution in [3.63, 3.8) is 0 Å². The van der Waals surface area contributed by atoms with E-state index in [-0.39, 0.29) is 11.9 Å². The molecule has 1 atom stereocenters. The molecule has 6 nitrogen and oxygen atoms in total. The average molecular weight is 408 g/mol. The van der Waals surface area contributed by atoms with E-state index in [9.17, 15) is 9.59 Å². The summed E-state index contributed by atoms with van der Waals surface area (Å²) < 4.78 is 15.5. The Bertz CT molecular complexity index is 746. The number of hydrogen-bond donors (Lipinski definition) is 1. The highest BCUT2D eigenvalue weighted by Crippen LogP contribution is 2.23. The van der Waals surface area contributed by atoms with Crippen molar-refractivity contribution in [3.05, 3.63) is 54.1 Å². The highest BCUT2D eigenvalue weighted by molar-refractivity contribution is 8.16. The van der Waals surface area contributed by atoms with E-state index in [1.165, 1.54) is 0 Å². The molecule has 27 heavy (non-hydrogen) atoms. The molecular weight excluding hydrogens is 388 g/mol. The van der Waals surface area contributed by atoms with Gasteiger partial charge in [-0.1, -0.05) is 19.1 Å². The number of aliphatic hydroxyl groups is 1. The van der Waals surface area contributed by atoms with Crippen LogP contribution in [0.4, 0.5) is 9.59 Å². The number of aliphatic hydroxyl groups excluding tert-OH is 1. The van der Waals surface area contributed by atoms with Gasteiger partial charge in [-0.25, -0.2) is 9.59 Å². The number of benzene rings is 2. The van der Waals surface area contributed by atoms with Crippen LogP contribution in [0, 0.1) is 0 Å². The van der Waals surface area contributed by atoms with Crippen molar-refractivity contribution in [2.24, 2.45) is 0 Å². The summed E-state index contributed by atoms with van der Waals surface area (Å²) in [6.45, 7) is 1.76. The number of carbonyl (C=O) groups is 2. The molecule has 2 aromatic rings. The SMILES string of the molecule is COc1ccc(OC(=O)SCC(C)SC(=O)Oc2ccc(CO)cc2)cc1. The second kappa shape index (κ2) is 10.9. The third-order valence-corrected chi connectivity index (χ3v) is 5.34. The number of thioether (sulfide) groups is 2. The first kappa shape index (κ1) is 21.1. The zero-order chi connectivity index (χ0) is 19.6. The van der Waals surface area contributed by atoms with Crippen molar-refractivity contribution in [2.75, 3.05) is 12.9 Å². The van der Waals surface area contributed by atoms with Crippen LogP contribution in [0.5, 0.6) is 17.2 Å². The quantitative estimate of drug-likeness (QED) is 0.658. The van der Waals surface area contributed by atoms with Crippen LogP contribution in [-0.2, 0) is 6.61 Å². The molecule has 0 saturated heterocycles. The second-order valence-electron chi connectivity index (χ2n) is 5.42. The fourth-order valence-corrected chi connectivity index (χ4v) is 3.41. The highest BCUT2D eigenvalue weighted by Gasteiger charge is 2.15. The zero-order valence-electron chi connectivity index (χ0n) is 14.9. The third-order valence-electron chi connectivity index (χ3n) is 3.30. The standard InChI is InChI=1S/C19H20O6S2/c1-13(27-19(22)25-16-5-3-14(11-20)4-6-16)12-26-18(21)24-17-9-7-15(23-2)8-10-17/h3-10,13,20H,11-12H2,1-2H3. The van der Waals surface area contributed by atoms with Crippen molar-refractivity contribution >= 4 is 34.1 Å². The van der Waals surface area contributed by atoms with Gasteiger partial charge >= 0.3 is 10.6 Å². The summed E-state index contributed by atoms with van der Waals surface area (Å²) in [5.41, 5.74) is 0.739. The highest BCUT2D eigenvalue weighted by atomic mass is 32.2. The topological polar surface area (TPSA) is 82.1 Å². The van der Waals surface area contributed by atoms with E-state index in [0.717, 1.165) is 29.1 Å². The Morgan fingerprint density at radius 1 is 0.926 bits per heavy atom. The van der Waals surface area contributed by atoms with Gasteiger partial charge in [0.05, 0.1) is 13.7 Å². The van der Waals surface area contributed by atoms with E-state index in [0.29, 0.717) is 23.0 Å². The summed E-state index contributed by atoms with van der Waals surface area (Å²) in [4.78, 5) is 23.8. The minimum absolute atomic E-state index is 0.0656. The Balaban J connectivity index is 1.71. The Labute approximate surface area is 166 Å². The summed E-state index contributed by atoms with van der Waals surface area (Å²) in [7, 11) is 1.56. The Morgan fingerprint density at radius 2 is 1.44 bits per heavy atom. The van der Waals surface area contributed by atoms with Gasteiger partial charge in [-0.3, -0.25) is 0 Å². The summed E-state index contributed by atoms with van der Waals surface area (Å²) in [6.07, 6.45) is 0. The monoisotopic (exact) mass is 408 g/mol. The first-order valence-corrected chi connectivity index (χ1v) is 9.93. The molecule has 1 N–H and O–H groups in total. The second-order valence-corrected chi connectivity index (χ2v) is 7.75. The van der Waals surface area contributed by atoms with Gasteiger partial charge in [0, 0.05) is 11.0 Å². The van der Waals surface area contributed by atoms with Crippen LogP contribution < -0.4 is 14.2 Å². The predicted octanol–water partition coefficient (Wildman–Crippen LogP) is 4.74. The van der Waals surface area contributed by atoms with E-state index in [1.54, 1.807) is 55.6 Å². The molecule has 2 rings (SSSR count). The van der Waals surface area contributed by atoms with Gasteiger partial charge in [-0.05, 0) is 65.5 Å². The molecule has 0 aliphatic heterocycles. The van der Waals surface area contributed by atoms with Crippen molar-refractivity contribution in [3.8, 4) is 17.2 Å². The predicted molar refractivity (Wildman–Crippen MR) is 107 cm³/mol. The minimum Gasteiger partial charge on any atom is -0.497 e. The molecule has 0 aliphatic carbocycles. The maximum absolute atomic E-state index is 11.9. The van der Waals surface area contributed by atoms with Crippen LogP contribution in [0.1, 0.15) is 12.5 Å². The number of ether oxygens (including phenoxy) is 3. The van der Waals surface area contributed by atoms with Gasteiger partial charge in [0.25, 0.3) is 0 Å². The molecular formula is C19H20O6S2. The average Bonchev–Trinajstić information content (AvgIpc) is 2.67. The number of carbonyl (C=O) groups excluding carboxylic acids is 2. The molecule has 144 valence electrons. The largest absolute Gasteiger partial charge is 0.497 e. The smallest absolute Gasteiger partial charge is 0.373 e. The molecule has 0 heterocycles. The van der Waals surface area contributed by atoms with Gasteiger partial charge in [0.15, 0.2) is 0 Å². The first-order chi connectivity index (χ1) is 13.0.